The van der Waals surface area contributed by atoms with Crippen molar-refractivity contribution in [2.24, 2.45) is 5.92 Å². The van der Waals surface area contributed by atoms with Crippen LogP contribution in [0.5, 0.6) is 0 Å². The molecule has 0 saturated heterocycles. The van der Waals surface area contributed by atoms with Gasteiger partial charge >= 0.3 is 0 Å². The summed E-state index contributed by atoms with van der Waals surface area (Å²) >= 11 is 0. The molecule has 1 atom stereocenters. The summed E-state index contributed by atoms with van der Waals surface area (Å²) in [6.45, 7) is 3.68. The SMILES string of the molecule is CCC(CCO)CNC1CCCCCCCCCCC1. The van der Waals surface area contributed by atoms with Crippen molar-refractivity contribution in [2.75, 3.05) is 13.2 Å². The number of rotatable bonds is 6. The lowest BCUT2D eigenvalue weighted by Crippen LogP contribution is -2.33. The van der Waals surface area contributed by atoms with Crippen LogP contribution in [0.1, 0.15) is 90.4 Å². The molecule has 20 heavy (non-hydrogen) atoms. The molecular formula is C18H37NO. The molecule has 2 nitrogen and oxygen atoms in total. The maximum atomic E-state index is 9.09. The molecule has 0 aliphatic heterocycles. The average Bonchev–Trinajstić information content (AvgIpc) is 2.45. The lowest BCUT2D eigenvalue weighted by molar-refractivity contribution is 0.246. The number of aliphatic hydroxyl groups excluding tert-OH is 1. The normalized spacial score (nSPS) is 21.9. The molecule has 1 unspecified atom stereocenters. The minimum atomic E-state index is 0.338. The largest absolute Gasteiger partial charge is 0.396 e. The van der Waals surface area contributed by atoms with Crippen LogP contribution in [0.25, 0.3) is 0 Å². The summed E-state index contributed by atoms with van der Waals surface area (Å²) in [5.74, 6) is 0.654. The maximum Gasteiger partial charge on any atom is 0.0434 e. The summed E-state index contributed by atoms with van der Waals surface area (Å²) in [5, 5.41) is 12.9. The van der Waals surface area contributed by atoms with E-state index in [-0.39, 0.29) is 0 Å². The van der Waals surface area contributed by atoms with Gasteiger partial charge in [0.15, 0.2) is 0 Å². The third-order valence-corrected chi connectivity index (χ3v) is 4.92. The van der Waals surface area contributed by atoms with Gasteiger partial charge in [0.1, 0.15) is 0 Å². The Morgan fingerprint density at radius 1 is 0.900 bits per heavy atom. The molecule has 0 radical (unpaired) electrons. The monoisotopic (exact) mass is 283 g/mol. The van der Waals surface area contributed by atoms with Crippen molar-refractivity contribution in [3.8, 4) is 0 Å². The van der Waals surface area contributed by atoms with E-state index in [1.165, 1.54) is 77.0 Å². The van der Waals surface area contributed by atoms with Crippen molar-refractivity contribution in [3.05, 3.63) is 0 Å². The first-order valence-corrected chi connectivity index (χ1v) is 9.21. The Kier molecular flexibility index (Phi) is 11.4. The van der Waals surface area contributed by atoms with E-state index in [4.69, 9.17) is 5.11 Å². The molecule has 0 aromatic rings. The van der Waals surface area contributed by atoms with Crippen molar-refractivity contribution in [2.45, 2.75) is 96.4 Å². The Morgan fingerprint density at radius 2 is 1.40 bits per heavy atom. The summed E-state index contributed by atoms with van der Waals surface area (Å²) in [6, 6.07) is 0.724. The first-order valence-electron chi connectivity index (χ1n) is 9.21. The second-order valence-corrected chi connectivity index (χ2v) is 6.65. The van der Waals surface area contributed by atoms with Gasteiger partial charge in [0.2, 0.25) is 0 Å². The summed E-state index contributed by atoms with van der Waals surface area (Å²) in [7, 11) is 0. The van der Waals surface area contributed by atoms with Crippen molar-refractivity contribution >= 4 is 0 Å². The van der Waals surface area contributed by atoms with Gasteiger partial charge in [0.25, 0.3) is 0 Å². The minimum Gasteiger partial charge on any atom is -0.396 e. The fourth-order valence-electron chi connectivity index (χ4n) is 3.33. The third-order valence-electron chi connectivity index (χ3n) is 4.92. The molecule has 0 bridgehead atoms. The van der Waals surface area contributed by atoms with E-state index >= 15 is 0 Å². The topological polar surface area (TPSA) is 32.3 Å². The highest BCUT2D eigenvalue weighted by Crippen LogP contribution is 2.17. The fraction of sp³-hybridized carbons (Fsp3) is 1.00. The second kappa shape index (κ2) is 12.6. The number of hydrogen-bond donors (Lipinski definition) is 2. The van der Waals surface area contributed by atoms with Gasteiger partial charge in [-0.1, -0.05) is 71.1 Å². The van der Waals surface area contributed by atoms with Gasteiger partial charge in [-0.2, -0.15) is 0 Å². The van der Waals surface area contributed by atoms with Crippen molar-refractivity contribution < 1.29 is 5.11 Å². The molecule has 0 heterocycles. The Bertz CT molecular complexity index is 196. The molecule has 0 amide bonds. The molecule has 2 N–H and O–H groups in total. The second-order valence-electron chi connectivity index (χ2n) is 6.65. The molecule has 1 fully saturated rings. The van der Waals surface area contributed by atoms with Crippen LogP contribution in [0, 0.1) is 5.92 Å². The summed E-state index contributed by atoms with van der Waals surface area (Å²) in [6.07, 6.45) is 17.7. The van der Waals surface area contributed by atoms with Crippen LogP contribution in [0.2, 0.25) is 0 Å². The predicted molar refractivity (Wildman–Crippen MR) is 88.1 cm³/mol. The maximum absolute atomic E-state index is 9.09. The first-order chi connectivity index (χ1) is 9.86. The number of nitrogens with one attached hydrogen (secondary N) is 1. The molecule has 120 valence electrons. The van der Waals surface area contributed by atoms with Crippen molar-refractivity contribution in [1.82, 2.24) is 5.32 Å². The van der Waals surface area contributed by atoms with Crippen LogP contribution in [0.4, 0.5) is 0 Å². The van der Waals surface area contributed by atoms with Crippen molar-refractivity contribution in [3.63, 3.8) is 0 Å². The summed E-state index contributed by atoms with van der Waals surface area (Å²) in [5.41, 5.74) is 0. The van der Waals surface area contributed by atoms with E-state index in [0.29, 0.717) is 12.5 Å². The van der Waals surface area contributed by atoms with Crippen LogP contribution in [0.3, 0.4) is 0 Å². The fourth-order valence-corrected chi connectivity index (χ4v) is 3.33. The smallest absolute Gasteiger partial charge is 0.0434 e. The summed E-state index contributed by atoms with van der Waals surface area (Å²) in [4.78, 5) is 0. The van der Waals surface area contributed by atoms with Gasteiger partial charge in [0, 0.05) is 12.6 Å². The third kappa shape index (κ3) is 8.97. The molecule has 1 saturated carbocycles. The molecule has 1 rings (SSSR count). The Labute approximate surface area is 126 Å². The molecule has 0 aromatic heterocycles. The Balaban J connectivity index is 2.26. The van der Waals surface area contributed by atoms with Crippen LogP contribution < -0.4 is 5.32 Å². The Hall–Kier alpha value is -0.0800. The van der Waals surface area contributed by atoms with Crippen LogP contribution in [-0.4, -0.2) is 24.3 Å². The van der Waals surface area contributed by atoms with E-state index in [2.05, 4.69) is 12.2 Å². The number of aliphatic hydroxyl groups is 1. The highest BCUT2D eigenvalue weighted by atomic mass is 16.3. The zero-order valence-electron chi connectivity index (χ0n) is 13.7. The van der Waals surface area contributed by atoms with Gasteiger partial charge in [-0.05, 0) is 31.7 Å². The predicted octanol–water partition coefficient (Wildman–Crippen LogP) is 4.66. The lowest BCUT2D eigenvalue weighted by atomic mass is 9.96. The molecule has 0 spiro atoms. The van der Waals surface area contributed by atoms with E-state index in [1.807, 2.05) is 0 Å². The van der Waals surface area contributed by atoms with Crippen LogP contribution >= 0.6 is 0 Å². The molecular weight excluding hydrogens is 246 g/mol. The van der Waals surface area contributed by atoms with Gasteiger partial charge in [-0.25, -0.2) is 0 Å². The van der Waals surface area contributed by atoms with Gasteiger partial charge in [0.05, 0.1) is 0 Å². The molecule has 1 aliphatic rings. The number of hydrogen-bond acceptors (Lipinski definition) is 2. The van der Waals surface area contributed by atoms with E-state index < -0.39 is 0 Å². The molecule has 2 heteroatoms. The quantitative estimate of drug-likeness (QED) is 0.743. The van der Waals surface area contributed by atoms with E-state index in [1.54, 1.807) is 0 Å². The lowest BCUT2D eigenvalue weighted by Gasteiger charge is -2.23. The van der Waals surface area contributed by atoms with Crippen LogP contribution in [0.15, 0.2) is 0 Å². The first kappa shape index (κ1) is 18.0. The van der Waals surface area contributed by atoms with Gasteiger partial charge in [-0.3, -0.25) is 0 Å². The zero-order chi connectivity index (χ0) is 14.5. The zero-order valence-corrected chi connectivity index (χ0v) is 13.7. The molecule has 1 aliphatic carbocycles. The molecule has 0 aromatic carbocycles. The van der Waals surface area contributed by atoms with Crippen molar-refractivity contribution in [1.29, 1.82) is 0 Å². The Morgan fingerprint density at radius 3 is 1.85 bits per heavy atom. The highest BCUT2D eigenvalue weighted by Gasteiger charge is 2.12. The minimum absolute atomic E-state index is 0.338. The average molecular weight is 283 g/mol. The van der Waals surface area contributed by atoms with Gasteiger partial charge in [-0.15, -0.1) is 0 Å². The standard InChI is InChI=1S/C18H37NO/c1-2-17(14-15-20)16-19-18-12-10-8-6-4-3-5-7-9-11-13-18/h17-20H,2-16H2,1H3. The van der Waals surface area contributed by atoms with E-state index in [9.17, 15) is 0 Å². The van der Waals surface area contributed by atoms with Gasteiger partial charge < -0.3 is 10.4 Å². The van der Waals surface area contributed by atoms with E-state index in [0.717, 1.165) is 19.0 Å². The summed E-state index contributed by atoms with van der Waals surface area (Å²) < 4.78 is 0. The highest BCUT2D eigenvalue weighted by molar-refractivity contribution is 4.71. The van der Waals surface area contributed by atoms with Crippen LogP contribution in [-0.2, 0) is 0 Å².